The fourth-order valence-electron chi connectivity index (χ4n) is 2.38. The summed E-state index contributed by atoms with van der Waals surface area (Å²) in [6.07, 6.45) is 1.98. The highest BCUT2D eigenvalue weighted by Crippen LogP contribution is 2.20. The molecule has 2 N–H and O–H groups in total. The van der Waals surface area contributed by atoms with E-state index in [2.05, 4.69) is 59.8 Å². The molecular weight excluding hydrogens is 429 g/mol. The Hall–Kier alpha value is -0.860. The highest BCUT2D eigenvalue weighted by molar-refractivity contribution is 14.0. The number of nitrogens with one attached hydrogen (secondary N) is 2. The molecule has 0 spiro atoms. The predicted octanol–water partition coefficient (Wildman–Crippen LogP) is 3.09. The summed E-state index contributed by atoms with van der Waals surface area (Å²) in [5, 5.41) is 6.74. The van der Waals surface area contributed by atoms with E-state index in [1.165, 1.54) is 5.56 Å². The molecule has 0 saturated heterocycles. The topological polar surface area (TPSA) is 54.9 Å². The lowest BCUT2D eigenvalue weighted by Gasteiger charge is -2.26. The first-order valence-electron chi connectivity index (χ1n) is 8.62. The fraction of sp³-hybridized carbons (Fsp3) is 0.632. The van der Waals surface area contributed by atoms with Crippen molar-refractivity contribution in [1.82, 2.24) is 10.6 Å². The van der Waals surface area contributed by atoms with E-state index in [9.17, 15) is 0 Å². The third-order valence-corrected chi connectivity index (χ3v) is 3.67. The number of ether oxygens (including phenoxy) is 2. The lowest BCUT2D eigenvalue weighted by Crippen LogP contribution is -2.43. The zero-order chi connectivity index (χ0) is 17.7. The first kappa shape index (κ1) is 24.1. The lowest BCUT2D eigenvalue weighted by molar-refractivity contribution is 0.0698. The zero-order valence-corrected chi connectivity index (χ0v) is 18.3. The summed E-state index contributed by atoms with van der Waals surface area (Å²) >= 11 is 0. The quantitative estimate of drug-likeness (QED) is 0.229. The molecule has 25 heavy (non-hydrogen) atoms. The molecular formula is C19H34IN3O2. The molecule has 0 saturated carbocycles. The Labute approximate surface area is 170 Å². The van der Waals surface area contributed by atoms with Crippen molar-refractivity contribution in [2.24, 2.45) is 10.4 Å². The summed E-state index contributed by atoms with van der Waals surface area (Å²) in [6, 6.07) is 10.6. The van der Waals surface area contributed by atoms with Gasteiger partial charge in [0.25, 0.3) is 0 Å². The van der Waals surface area contributed by atoms with E-state index in [1.807, 2.05) is 0 Å². The zero-order valence-electron chi connectivity index (χ0n) is 16.0. The van der Waals surface area contributed by atoms with Crippen molar-refractivity contribution in [2.45, 2.75) is 26.7 Å². The highest BCUT2D eigenvalue weighted by atomic mass is 127. The van der Waals surface area contributed by atoms with Gasteiger partial charge in [0.15, 0.2) is 5.96 Å². The van der Waals surface area contributed by atoms with E-state index in [-0.39, 0.29) is 29.4 Å². The van der Waals surface area contributed by atoms with Gasteiger partial charge in [-0.05, 0) is 23.8 Å². The minimum atomic E-state index is 0. The molecule has 1 aromatic carbocycles. The minimum absolute atomic E-state index is 0. The fourth-order valence-corrected chi connectivity index (χ4v) is 2.38. The SMILES string of the molecule is CN=C(NCCCOCCOC)NCC(C)(C)Cc1ccccc1.I. The van der Waals surface area contributed by atoms with Gasteiger partial charge in [-0.1, -0.05) is 44.2 Å². The monoisotopic (exact) mass is 463 g/mol. The van der Waals surface area contributed by atoms with Crippen LogP contribution in [0, 0.1) is 5.41 Å². The average Bonchev–Trinajstić information content (AvgIpc) is 2.57. The molecule has 0 aliphatic heterocycles. The van der Waals surface area contributed by atoms with E-state index in [0.29, 0.717) is 13.2 Å². The number of guanidine groups is 1. The summed E-state index contributed by atoms with van der Waals surface area (Å²) in [4.78, 5) is 4.28. The molecule has 0 radical (unpaired) electrons. The minimum Gasteiger partial charge on any atom is -0.382 e. The van der Waals surface area contributed by atoms with Crippen LogP contribution < -0.4 is 10.6 Å². The van der Waals surface area contributed by atoms with Gasteiger partial charge in [-0.2, -0.15) is 0 Å². The molecule has 6 heteroatoms. The van der Waals surface area contributed by atoms with Crippen LogP contribution in [0.2, 0.25) is 0 Å². The van der Waals surface area contributed by atoms with Gasteiger partial charge < -0.3 is 20.1 Å². The van der Waals surface area contributed by atoms with Crippen LogP contribution in [0.3, 0.4) is 0 Å². The number of hydrogen-bond acceptors (Lipinski definition) is 3. The van der Waals surface area contributed by atoms with Crippen LogP contribution >= 0.6 is 24.0 Å². The number of hydrogen-bond donors (Lipinski definition) is 2. The third-order valence-electron chi connectivity index (χ3n) is 3.67. The third kappa shape index (κ3) is 12.2. The number of nitrogens with zero attached hydrogens (tertiary/aromatic N) is 1. The van der Waals surface area contributed by atoms with E-state index in [0.717, 1.165) is 38.5 Å². The van der Waals surface area contributed by atoms with Gasteiger partial charge in [0.05, 0.1) is 13.2 Å². The first-order valence-corrected chi connectivity index (χ1v) is 8.62. The Morgan fingerprint density at radius 1 is 1.08 bits per heavy atom. The average molecular weight is 463 g/mol. The molecule has 0 atom stereocenters. The maximum atomic E-state index is 5.44. The van der Waals surface area contributed by atoms with Crippen LogP contribution in [0.25, 0.3) is 0 Å². The Morgan fingerprint density at radius 2 is 1.80 bits per heavy atom. The summed E-state index contributed by atoms with van der Waals surface area (Å²) < 4.78 is 10.4. The van der Waals surface area contributed by atoms with Crippen molar-refractivity contribution < 1.29 is 9.47 Å². The molecule has 1 rings (SSSR count). The molecule has 0 heterocycles. The van der Waals surface area contributed by atoms with Crippen LogP contribution in [0.5, 0.6) is 0 Å². The molecule has 0 aliphatic rings. The second-order valence-electron chi connectivity index (χ2n) is 6.64. The number of methoxy groups -OCH3 is 1. The van der Waals surface area contributed by atoms with Crippen LogP contribution in [0.15, 0.2) is 35.3 Å². The molecule has 0 unspecified atom stereocenters. The smallest absolute Gasteiger partial charge is 0.190 e. The van der Waals surface area contributed by atoms with Crippen LogP contribution in [-0.2, 0) is 15.9 Å². The molecule has 0 amide bonds. The van der Waals surface area contributed by atoms with Crippen molar-refractivity contribution in [2.75, 3.05) is 47.1 Å². The van der Waals surface area contributed by atoms with E-state index in [1.54, 1.807) is 14.2 Å². The van der Waals surface area contributed by atoms with E-state index >= 15 is 0 Å². The summed E-state index contributed by atoms with van der Waals surface area (Å²) in [7, 11) is 3.48. The summed E-state index contributed by atoms with van der Waals surface area (Å²) in [5.74, 6) is 0.841. The molecule has 5 nitrogen and oxygen atoms in total. The van der Waals surface area contributed by atoms with E-state index < -0.39 is 0 Å². The lowest BCUT2D eigenvalue weighted by atomic mass is 9.86. The Morgan fingerprint density at radius 3 is 2.44 bits per heavy atom. The molecule has 144 valence electrons. The Bertz CT molecular complexity index is 467. The number of rotatable bonds is 11. The second kappa shape index (κ2) is 14.3. The second-order valence-corrected chi connectivity index (χ2v) is 6.64. The van der Waals surface area contributed by atoms with Crippen molar-refractivity contribution >= 4 is 29.9 Å². The Kier molecular flexibility index (Phi) is 13.8. The number of aliphatic imine (C=N–C) groups is 1. The first-order chi connectivity index (χ1) is 11.6. The molecule has 0 fully saturated rings. The van der Waals surface area contributed by atoms with Crippen molar-refractivity contribution in [1.29, 1.82) is 0 Å². The largest absolute Gasteiger partial charge is 0.382 e. The molecule has 1 aromatic rings. The predicted molar refractivity (Wildman–Crippen MR) is 116 cm³/mol. The number of benzene rings is 1. The summed E-state index contributed by atoms with van der Waals surface area (Å²) in [6.45, 7) is 8.27. The van der Waals surface area contributed by atoms with Crippen molar-refractivity contribution in [3.8, 4) is 0 Å². The van der Waals surface area contributed by atoms with Gasteiger partial charge >= 0.3 is 0 Å². The molecule has 0 aliphatic carbocycles. The van der Waals surface area contributed by atoms with Crippen LogP contribution in [0.4, 0.5) is 0 Å². The molecule has 0 aromatic heterocycles. The van der Waals surface area contributed by atoms with Gasteiger partial charge in [0.2, 0.25) is 0 Å². The van der Waals surface area contributed by atoms with E-state index in [4.69, 9.17) is 9.47 Å². The van der Waals surface area contributed by atoms with Gasteiger partial charge in [-0.3, -0.25) is 4.99 Å². The molecule has 0 bridgehead atoms. The van der Waals surface area contributed by atoms with Crippen molar-refractivity contribution in [3.05, 3.63) is 35.9 Å². The normalized spacial score (nSPS) is 11.8. The van der Waals surface area contributed by atoms with Crippen LogP contribution in [0.1, 0.15) is 25.8 Å². The van der Waals surface area contributed by atoms with Gasteiger partial charge in [0, 0.05) is 33.9 Å². The van der Waals surface area contributed by atoms with Gasteiger partial charge in [0.1, 0.15) is 0 Å². The number of halogens is 1. The Balaban J connectivity index is 0.00000576. The van der Waals surface area contributed by atoms with Gasteiger partial charge in [-0.25, -0.2) is 0 Å². The van der Waals surface area contributed by atoms with Crippen LogP contribution in [-0.4, -0.2) is 53.0 Å². The van der Waals surface area contributed by atoms with Crippen molar-refractivity contribution in [3.63, 3.8) is 0 Å². The summed E-state index contributed by atoms with van der Waals surface area (Å²) in [5.41, 5.74) is 1.52. The maximum absolute atomic E-state index is 5.44. The maximum Gasteiger partial charge on any atom is 0.190 e. The van der Waals surface area contributed by atoms with Gasteiger partial charge in [-0.15, -0.1) is 24.0 Å². The standard InChI is InChI=1S/C19H33N3O2.HI/c1-19(2,15-17-9-6-5-7-10-17)16-22-18(20-3)21-11-8-12-24-14-13-23-4;/h5-7,9-10H,8,11-16H2,1-4H3,(H2,20,21,22);1H. The highest BCUT2D eigenvalue weighted by Gasteiger charge is 2.18.